The molecule has 0 unspecified atom stereocenters. The SMILES string of the molecule is CN1CCC(N2CCC[C@H](C(=O)NCCc3ccc(Cl)cc3)C2)CC1. The van der Waals surface area contributed by atoms with E-state index in [-0.39, 0.29) is 11.8 Å². The minimum absolute atomic E-state index is 0.152. The van der Waals surface area contributed by atoms with E-state index < -0.39 is 0 Å². The number of carbonyl (C=O) groups excluding carboxylic acids is 1. The van der Waals surface area contributed by atoms with Crippen molar-refractivity contribution >= 4 is 17.5 Å². The van der Waals surface area contributed by atoms with E-state index in [0.717, 1.165) is 37.4 Å². The molecule has 1 atom stereocenters. The minimum atomic E-state index is 0.152. The molecule has 1 aromatic carbocycles. The summed E-state index contributed by atoms with van der Waals surface area (Å²) in [5.74, 6) is 0.380. The van der Waals surface area contributed by atoms with Crippen LogP contribution < -0.4 is 5.32 Å². The Kier molecular flexibility index (Phi) is 6.74. The van der Waals surface area contributed by atoms with Gasteiger partial charge in [-0.25, -0.2) is 0 Å². The highest BCUT2D eigenvalue weighted by Crippen LogP contribution is 2.23. The lowest BCUT2D eigenvalue weighted by atomic mass is 9.93. The molecule has 0 saturated carbocycles. The summed E-state index contributed by atoms with van der Waals surface area (Å²) >= 11 is 5.91. The van der Waals surface area contributed by atoms with E-state index in [4.69, 9.17) is 11.6 Å². The average molecular weight is 364 g/mol. The molecule has 2 heterocycles. The van der Waals surface area contributed by atoms with Crippen LogP contribution in [-0.4, -0.2) is 61.5 Å². The van der Waals surface area contributed by atoms with Gasteiger partial charge in [0.15, 0.2) is 0 Å². The summed E-state index contributed by atoms with van der Waals surface area (Å²) in [6.45, 7) is 5.15. The van der Waals surface area contributed by atoms with Crippen molar-refractivity contribution in [3.8, 4) is 0 Å². The number of hydrogen-bond acceptors (Lipinski definition) is 3. The van der Waals surface area contributed by atoms with Gasteiger partial charge in [-0.15, -0.1) is 0 Å². The lowest BCUT2D eigenvalue weighted by Crippen LogP contribution is -2.50. The third kappa shape index (κ3) is 5.44. The van der Waals surface area contributed by atoms with Crippen LogP contribution in [0.25, 0.3) is 0 Å². The van der Waals surface area contributed by atoms with Gasteiger partial charge in [-0.1, -0.05) is 23.7 Å². The highest BCUT2D eigenvalue weighted by atomic mass is 35.5. The number of piperidine rings is 2. The molecule has 0 bridgehead atoms. The smallest absolute Gasteiger partial charge is 0.224 e. The Morgan fingerprint density at radius 1 is 1.16 bits per heavy atom. The number of halogens is 1. The lowest BCUT2D eigenvalue weighted by molar-refractivity contribution is -0.127. The van der Waals surface area contributed by atoms with Gasteiger partial charge in [-0.05, 0) is 76.5 Å². The van der Waals surface area contributed by atoms with Gasteiger partial charge in [-0.3, -0.25) is 9.69 Å². The topological polar surface area (TPSA) is 35.6 Å². The molecule has 2 fully saturated rings. The van der Waals surface area contributed by atoms with Crippen molar-refractivity contribution in [2.45, 2.75) is 38.1 Å². The second-order valence-corrected chi connectivity index (χ2v) is 7.97. The van der Waals surface area contributed by atoms with Crippen molar-refractivity contribution in [1.82, 2.24) is 15.1 Å². The maximum absolute atomic E-state index is 12.6. The fourth-order valence-corrected chi connectivity index (χ4v) is 4.16. The van der Waals surface area contributed by atoms with Crippen LogP contribution in [-0.2, 0) is 11.2 Å². The van der Waals surface area contributed by atoms with Crippen molar-refractivity contribution in [2.75, 3.05) is 39.8 Å². The van der Waals surface area contributed by atoms with Gasteiger partial charge in [0.2, 0.25) is 5.91 Å². The van der Waals surface area contributed by atoms with Gasteiger partial charge in [-0.2, -0.15) is 0 Å². The second kappa shape index (κ2) is 9.02. The fourth-order valence-electron chi connectivity index (χ4n) is 4.04. The number of rotatable bonds is 5. The van der Waals surface area contributed by atoms with E-state index in [1.165, 1.54) is 31.5 Å². The lowest BCUT2D eigenvalue weighted by Gasteiger charge is -2.41. The van der Waals surface area contributed by atoms with E-state index in [9.17, 15) is 4.79 Å². The first-order valence-electron chi connectivity index (χ1n) is 9.56. The Balaban J connectivity index is 1.43. The molecule has 2 aliphatic rings. The van der Waals surface area contributed by atoms with Crippen molar-refractivity contribution < 1.29 is 4.79 Å². The van der Waals surface area contributed by atoms with Crippen molar-refractivity contribution in [3.05, 3.63) is 34.9 Å². The Morgan fingerprint density at radius 2 is 1.88 bits per heavy atom. The fraction of sp³-hybridized carbons (Fsp3) is 0.650. The van der Waals surface area contributed by atoms with E-state index in [0.29, 0.717) is 12.6 Å². The summed E-state index contributed by atoms with van der Waals surface area (Å²) in [5, 5.41) is 3.89. The third-order valence-corrected chi connectivity index (χ3v) is 5.91. The van der Waals surface area contributed by atoms with Gasteiger partial charge in [0.1, 0.15) is 0 Å². The molecular formula is C20H30ClN3O. The Bertz CT molecular complexity index is 555. The molecule has 2 aliphatic heterocycles. The molecule has 1 aromatic rings. The Labute approximate surface area is 156 Å². The number of nitrogens with zero attached hydrogens (tertiary/aromatic N) is 2. The van der Waals surface area contributed by atoms with Crippen LogP contribution in [0, 0.1) is 5.92 Å². The van der Waals surface area contributed by atoms with Crippen molar-refractivity contribution in [3.63, 3.8) is 0 Å². The maximum Gasteiger partial charge on any atom is 0.224 e. The van der Waals surface area contributed by atoms with E-state index in [1.54, 1.807) is 0 Å². The van der Waals surface area contributed by atoms with Crippen molar-refractivity contribution in [2.24, 2.45) is 5.92 Å². The number of likely N-dealkylation sites (tertiary alicyclic amines) is 2. The maximum atomic E-state index is 12.6. The molecule has 3 rings (SSSR count). The molecular weight excluding hydrogens is 334 g/mol. The predicted octanol–water partition coefficient (Wildman–Crippen LogP) is 2.80. The molecule has 138 valence electrons. The largest absolute Gasteiger partial charge is 0.355 e. The first kappa shape index (κ1) is 18.7. The molecule has 0 aromatic heterocycles. The summed E-state index contributed by atoms with van der Waals surface area (Å²) in [6, 6.07) is 8.52. The molecule has 0 spiro atoms. The summed E-state index contributed by atoms with van der Waals surface area (Å²) in [7, 11) is 2.20. The normalized spacial score (nSPS) is 23.5. The summed E-state index contributed by atoms with van der Waals surface area (Å²) in [4.78, 5) is 17.5. The van der Waals surface area contributed by atoms with Crippen LogP contribution in [0.15, 0.2) is 24.3 Å². The van der Waals surface area contributed by atoms with Gasteiger partial charge < -0.3 is 10.2 Å². The number of nitrogens with one attached hydrogen (secondary N) is 1. The van der Waals surface area contributed by atoms with Gasteiger partial charge in [0.25, 0.3) is 0 Å². The molecule has 1 N–H and O–H groups in total. The highest BCUT2D eigenvalue weighted by molar-refractivity contribution is 6.30. The first-order chi connectivity index (χ1) is 12.1. The monoisotopic (exact) mass is 363 g/mol. The number of benzene rings is 1. The minimum Gasteiger partial charge on any atom is -0.355 e. The molecule has 0 radical (unpaired) electrons. The third-order valence-electron chi connectivity index (χ3n) is 5.65. The molecule has 2 saturated heterocycles. The highest BCUT2D eigenvalue weighted by Gasteiger charge is 2.30. The predicted molar refractivity (Wildman–Crippen MR) is 103 cm³/mol. The summed E-state index contributed by atoms with van der Waals surface area (Å²) in [5.41, 5.74) is 1.21. The van der Waals surface area contributed by atoms with Gasteiger partial charge >= 0.3 is 0 Å². The molecule has 25 heavy (non-hydrogen) atoms. The van der Waals surface area contributed by atoms with Gasteiger partial charge in [0, 0.05) is 24.2 Å². The van der Waals surface area contributed by atoms with E-state index >= 15 is 0 Å². The Hall–Kier alpha value is -1.10. The van der Waals surface area contributed by atoms with Crippen LogP contribution in [0.2, 0.25) is 5.02 Å². The molecule has 5 heteroatoms. The van der Waals surface area contributed by atoms with Gasteiger partial charge in [0.05, 0.1) is 5.92 Å². The van der Waals surface area contributed by atoms with Crippen LogP contribution in [0.3, 0.4) is 0 Å². The van der Waals surface area contributed by atoms with Crippen LogP contribution in [0.5, 0.6) is 0 Å². The molecule has 1 amide bonds. The van der Waals surface area contributed by atoms with E-state index in [2.05, 4.69) is 22.2 Å². The zero-order chi connectivity index (χ0) is 17.6. The number of carbonyl (C=O) groups is 1. The van der Waals surface area contributed by atoms with E-state index in [1.807, 2.05) is 24.3 Å². The average Bonchev–Trinajstić information content (AvgIpc) is 2.64. The van der Waals surface area contributed by atoms with Crippen LogP contribution in [0.1, 0.15) is 31.2 Å². The molecule has 0 aliphatic carbocycles. The second-order valence-electron chi connectivity index (χ2n) is 7.54. The standard InChI is InChI=1S/C20H30ClN3O/c1-23-13-9-19(10-14-23)24-12-2-3-17(15-24)20(25)22-11-8-16-4-6-18(21)7-5-16/h4-7,17,19H,2-3,8-15H2,1H3,(H,22,25)/t17-/m0/s1. The summed E-state index contributed by atoms with van der Waals surface area (Å²) < 4.78 is 0. The number of amides is 1. The number of hydrogen-bond donors (Lipinski definition) is 1. The van der Waals surface area contributed by atoms with Crippen LogP contribution in [0.4, 0.5) is 0 Å². The quantitative estimate of drug-likeness (QED) is 0.873. The molecule has 4 nitrogen and oxygen atoms in total. The van der Waals surface area contributed by atoms with Crippen molar-refractivity contribution in [1.29, 1.82) is 0 Å². The zero-order valence-corrected chi connectivity index (χ0v) is 16.0. The summed E-state index contributed by atoms with van der Waals surface area (Å²) in [6.07, 6.45) is 5.49. The van der Waals surface area contributed by atoms with Crippen LogP contribution >= 0.6 is 11.6 Å². The first-order valence-corrected chi connectivity index (χ1v) is 9.94. The zero-order valence-electron chi connectivity index (χ0n) is 15.2. The Morgan fingerprint density at radius 3 is 2.60 bits per heavy atom.